The number of nitrogens with two attached hydrogens (primary N) is 1. The third-order valence-corrected chi connectivity index (χ3v) is 5.00. The second kappa shape index (κ2) is 6.16. The summed E-state index contributed by atoms with van der Waals surface area (Å²) in [4.78, 5) is 49.4. The zero-order valence-corrected chi connectivity index (χ0v) is 13.6. The van der Waals surface area contributed by atoms with Crippen molar-refractivity contribution < 1.29 is 23.9 Å². The van der Waals surface area contributed by atoms with Crippen molar-refractivity contribution in [1.82, 2.24) is 4.90 Å². The number of fused-ring (bicyclic) bond motifs is 5. The summed E-state index contributed by atoms with van der Waals surface area (Å²) < 4.78 is 4.80. The van der Waals surface area contributed by atoms with E-state index in [1.54, 1.807) is 6.07 Å². The zero-order valence-electron chi connectivity index (χ0n) is 13.6. The summed E-state index contributed by atoms with van der Waals surface area (Å²) in [6.07, 6.45) is 4.73. The first kappa shape index (κ1) is 16.9. The number of ketones is 1. The Balaban J connectivity index is 1.59. The van der Waals surface area contributed by atoms with E-state index in [2.05, 4.69) is 0 Å². The number of allylic oxidation sites excluding steroid dienone is 3. The molecule has 2 aliphatic carbocycles. The van der Waals surface area contributed by atoms with Gasteiger partial charge in [-0.15, -0.1) is 0 Å². The predicted molar refractivity (Wildman–Crippen MR) is 82.9 cm³/mol. The third kappa shape index (κ3) is 2.71. The number of ether oxygens (including phenoxy) is 1. The highest BCUT2D eigenvalue weighted by Crippen LogP contribution is 2.52. The summed E-state index contributed by atoms with van der Waals surface area (Å²) in [5.41, 5.74) is 5.15. The highest BCUT2D eigenvalue weighted by Gasteiger charge is 2.59. The molecule has 1 aliphatic heterocycles. The molecule has 3 aliphatic rings. The fourth-order valence-electron chi connectivity index (χ4n) is 3.88. The van der Waals surface area contributed by atoms with Gasteiger partial charge < -0.3 is 10.5 Å². The Labute approximate surface area is 143 Å². The van der Waals surface area contributed by atoms with E-state index in [1.807, 2.05) is 12.2 Å². The second-order valence-corrected chi connectivity index (χ2v) is 6.52. The van der Waals surface area contributed by atoms with E-state index in [1.165, 1.54) is 6.92 Å². The van der Waals surface area contributed by atoms with Crippen LogP contribution < -0.4 is 5.73 Å². The van der Waals surface area contributed by atoms with Crippen molar-refractivity contribution in [2.75, 3.05) is 13.2 Å². The maximum atomic E-state index is 12.4. The fraction of sp³-hybridized carbons (Fsp3) is 0.471. The van der Waals surface area contributed by atoms with Crippen molar-refractivity contribution in [3.05, 3.63) is 23.4 Å². The number of imide groups is 1. The van der Waals surface area contributed by atoms with Crippen LogP contribution in [0.15, 0.2) is 23.4 Å². The molecule has 8 heteroatoms. The molecule has 0 aromatic carbocycles. The number of esters is 1. The van der Waals surface area contributed by atoms with Crippen LogP contribution >= 0.6 is 0 Å². The average molecular weight is 343 g/mol. The molecule has 2 fully saturated rings. The van der Waals surface area contributed by atoms with Gasteiger partial charge in [-0.3, -0.25) is 24.1 Å². The van der Waals surface area contributed by atoms with Crippen LogP contribution in [-0.2, 0) is 23.9 Å². The standard InChI is InChI=1S/C17H17N3O5/c1-8(19)11(5-18)12(21)7-25-13(22)6-20-16(23)14-9-2-3-10(4-9)15(14)17(20)24/h2-3,9-10,14-15H,4,6-7,19H2,1H3/b11-8-/t9-,10-,14-,15-/m0/s1. The minimum Gasteiger partial charge on any atom is -0.456 e. The minimum atomic E-state index is -0.873. The zero-order chi connectivity index (χ0) is 18.3. The van der Waals surface area contributed by atoms with E-state index in [9.17, 15) is 19.2 Å². The van der Waals surface area contributed by atoms with Crippen LogP contribution in [0, 0.1) is 35.0 Å². The number of nitrogens with zero attached hydrogens (tertiary/aromatic N) is 2. The lowest BCUT2D eigenvalue weighted by molar-refractivity contribution is -0.154. The summed E-state index contributed by atoms with van der Waals surface area (Å²) in [7, 11) is 0. The van der Waals surface area contributed by atoms with Crippen LogP contribution in [0.5, 0.6) is 0 Å². The molecule has 1 saturated heterocycles. The maximum absolute atomic E-state index is 12.4. The second-order valence-electron chi connectivity index (χ2n) is 6.52. The largest absolute Gasteiger partial charge is 0.456 e. The first-order chi connectivity index (χ1) is 11.8. The summed E-state index contributed by atoms with van der Waals surface area (Å²) >= 11 is 0. The van der Waals surface area contributed by atoms with E-state index >= 15 is 0 Å². The minimum absolute atomic E-state index is 0.0317. The van der Waals surface area contributed by atoms with E-state index in [4.69, 9.17) is 15.7 Å². The summed E-state index contributed by atoms with van der Waals surface area (Å²) in [6, 6.07) is 1.64. The van der Waals surface area contributed by atoms with Crippen molar-refractivity contribution in [1.29, 1.82) is 5.26 Å². The summed E-state index contributed by atoms with van der Waals surface area (Å²) in [6.45, 7) is 0.206. The SMILES string of the molecule is C/C(N)=C(\C#N)C(=O)COC(=O)CN1C(=O)[C@@H]2[C@@H](C1=O)[C@H]1C=C[C@H]2C1. The molecule has 2 bridgehead atoms. The molecular weight excluding hydrogens is 326 g/mol. The molecule has 25 heavy (non-hydrogen) atoms. The number of amides is 2. The van der Waals surface area contributed by atoms with E-state index < -0.39 is 24.9 Å². The number of hydrogen-bond acceptors (Lipinski definition) is 7. The molecule has 0 radical (unpaired) electrons. The lowest BCUT2D eigenvalue weighted by Crippen LogP contribution is -2.38. The van der Waals surface area contributed by atoms with Crippen LogP contribution in [0.3, 0.4) is 0 Å². The van der Waals surface area contributed by atoms with E-state index in [0.717, 1.165) is 11.3 Å². The first-order valence-corrected chi connectivity index (χ1v) is 7.94. The third-order valence-electron chi connectivity index (χ3n) is 5.00. The Hall–Kier alpha value is -2.95. The van der Waals surface area contributed by atoms with Crippen LogP contribution in [0.1, 0.15) is 13.3 Å². The topological polar surface area (TPSA) is 131 Å². The van der Waals surface area contributed by atoms with Gasteiger partial charge in [0.1, 0.15) is 18.2 Å². The quantitative estimate of drug-likeness (QED) is 0.237. The maximum Gasteiger partial charge on any atom is 0.326 e. The molecule has 4 atom stereocenters. The molecule has 1 heterocycles. The van der Waals surface area contributed by atoms with E-state index in [-0.39, 0.29) is 46.8 Å². The first-order valence-electron chi connectivity index (χ1n) is 7.94. The molecule has 0 aromatic heterocycles. The van der Waals surface area contributed by atoms with Crippen LogP contribution in [-0.4, -0.2) is 41.6 Å². The number of hydrogen-bond donors (Lipinski definition) is 1. The smallest absolute Gasteiger partial charge is 0.326 e. The Bertz CT molecular complexity index is 742. The molecule has 3 rings (SSSR count). The van der Waals surface area contributed by atoms with Crippen LogP contribution in [0.25, 0.3) is 0 Å². The van der Waals surface area contributed by atoms with Crippen molar-refractivity contribution in [2.45, 2.75) is 13.3 Å². The van der Waals surface area contributed by atoms with Gasteiger partial charge in [0.2, 0.25) is 17.6 Å². The van der Waals surface area contributed by atoms with Gasteiger partial charge in [0, 0.05) is 5.70 Å². The van der Waals surface area contributed by atoms with Gasteiger partial charge >= 0.3 is 5.97 Å². The molecular formula is C17H17N3O5. The number of nitriles is 1. The summed E-state index contributed by atoms with van der Waals surface area (Å²) in [5, 5.41) is 8.83. The van der Waals surface area contributed by atoms with E-state index in [0.29, 0.717) is 0 Å². The average Bonchev–Trinajstić information content (AvgIpc) is 3.23. The van der Waals surface area contributed by atoms with Gasteiger partial charge in [0.05, 0.1) is 11.8 Å². The Morgan fingerprint density at radius 2 is 1.84 bits per heavy atom. The van der Waals surface area contributed by atoms with Gasteiger partial charge in [-0.2, -0.15) is 5.26 Å². The lowest BCUT2D eigenvalue weighted by Gasteiger charge is -2.16. The Morgan fingerprint density at radius 3 is 2.32 bits per heavy atom. The van der Waals surface area contributed by atoms with Crippen molar-refractivity contribution >= 4 is 23.6 Å². The van der Waals surface area contributed by atoms with Gasteiger partial charge in [-0.1, -0.05) is 12.2 Å². The monoisotopic (exact) mass is 343 g/mol. The number of Topliss-reactive ketones (excluding diaryl/α,β-unsaturated/α-hetero) is 1. The van der Waals surface area contributed by atoms with Crippen molar-refractivity contribution in [3.8, 4) is 6.07 Å². The molecule has 0 unspecified atom stereocenters. The highest BCUT2D eigenvalue weighted by molar-refractivity contribution is 6.08. The van der Waals surface area contributed by atoms with Crippen LogP contribution in [0.2, 0.25) is 0 Å². The van der Waals surface area contributed by atoms with Crippen molar-refractivity contribution in [3.63, 3.8) is 0 Å². The molecule has 1 saturated carbocycles. The fourth-order valence-corrected chi connectivity index (χ4v) is 3.88. The predicted octanol–water partition coefficient (Wildman–Crippen LogP) is -0.338. The normalized spacial score (nSPS) is 30.2. The molecule has 2 N–H and O–H groups in total. The van der Waals surface area contributed by atoms with Gasteiger partial charge in [0.25, 0.3) is 0 Å². The molecule has 0 spiro atoms. The molecule has 8 nitrogen and oxygen atoms in total. The Kier molecular flexibility index (Phi) is 4.17. The molecule has 2 amide bonds. The molecule has 130 valence electrons. The summed E-state index contributed by atoms with van der Waals surface area (Å²) in [5.74, 6) is -2.96. The number of likely N-dealkylation sites (tertiary alicyclic amines) is 1. The van der Waals surface area contributed by atoms with Gasteiger partial charge in [-0.25, -0.2) is 0 Å². The van der Waals surface area contributed by atoms with Crippen molar-refractivity contribution in [2.24, 2.45) is 29.4 Å². The lowest BCUT2D eigenvalue weighted by atomic mass is 9.85. The van der Waals surface area contributed by atoms with Gasteiger partial charge in [0.15, 0.2) is 6.61 Å². The number of rotatable bonds is 5. The Morgan fingerprint density at radius 1 is 1.28 bits per heavy atom. The number of carbonyl (C=O) groups is 4. The highest BCUT2D eigenvalue weighted by atomic mass is 16.5. The van der Waals surface area contributed by atoms with Crippen LogP contribution in [0.4, 0.5) is 0 Å². The van der Waals surface area contributed by atoms with Gasteiger partial charge in [-0.05, 0) is 25.2 Å². The molecule has 0 aromatic rings. The number of carbonyl (C=O) groups excluding carboxylic acids is 4.